The van der Waals surface area contributed by atoms with Crippen LogP contribution in [0.5, 0.6) is 0 Å². The molecule has 1 aromatic heterocycles. The van der Waals surface area contributed by atoms with E-state index in [1.54, 1.807) is 31.5 Å². The molecule has 2 heterocycles. The summed E-state index contributed by atoms with van der Waals surface area (Å²) in [6.07, 6.45) is 2.13. The van der Waals surface area contributed by atoms with E-state index in [9.17, 15) is 14.4 Å². The van der Waals surface area contributed by atoms with Gasteiger partial charge in [0.1, 0.15) is 0 Å². The van der Waals surface area contributed by atoms with Crippen molar-refractivity contribution in [3.63, 3.8) is 0 Å². The van der Waals surface area contributed by atoms with Gasteiger partial charge in [-0.3, -0.25) is 10.1 Å². The number of esters is 1. The zero-order valence-electron chi connectivity index (χ0n) is 14.0. The maximum absolute atomic E-state index is 12.2. The lowest BCUT2D eigenvalue weighted by Gasteiger charge is -2.08. The van der Waals surface area contributed by atoms with Crippen molar-refractivity contribution in [3.05, 3.63) is 23.4 Å². The second kappa shape index (κ2) is 7.57. The van der Waals surface area contributed by atoms with Gasteiger partial charge in [-0.05, 0) is 33.3 Å². The van der Waals surface area contributed by atoms with E-state index < -0.39 is 12.0 Å². The maximum Gasteiger partial charge on any atom is 0.414 e. The first-order chi connectivity index (χ1) is 11.3. The number of ether oxygens (including phenoxy) is 2. The van der Waals surface area contributed by atoms with Crippen LogP contribution in [0.3, 0.4) is 0 Å². The van der Waals surface area contributed by atoms with Crippen molar-refractivity contribution in [2.75, 3.05) is 12.4 Å². The monoisotopic (exact) mass is 352 g/mol. The summed E-state index contributed by atoms with van der Waals surface area (Å²) >= 11 is 1.45. The predicted octanol–water partition coefficient (Wildman–Crippen LogP) is 2.58. The molecule has 0 atom stereocenters. The summed E-state index contributed by atoms with van der Waals surface area (Å²) < 4.78 is 11.7. The lowest BCUT2D eigenvalue weighted by molar-refractivity contribution is -0.115. The summed E-state index contributed by atoms with van der Waals surface area (Å²) in [6, 6.07) is 0. The molecular formula is C16H20N2O5S. The Balaban J connectivity index is 2.21. The number of carbonyl (C=O) groups excluding carboxylic acids is 3. The number of hydrogen-bond acceptors (Lipinski definition) is 6. The number of nitrogens with zero attached hydrogens (tertiary/aromatic N) is 1. The number of nitrogens with one attached hydrogen (secondary N) is 1. The average Bonchev–Trinajstić information content (AvgIpc) is 2.97. The van der Waals surface area contributed by atoms with Crippen molar-refractivity contribution < 1.29 is 23.9 Å². The number of amides is 2. The van der Waals surface area contributed by atoms with Crippen LogP contribution in [0.25, 0.3) is 5.70 Å². The Morgan fingerprint density at radius 2 is 2.12 bits per heavy atom. The summed E-state index contributed by atoms with van der Waals surface area (Å²) in [4.78, 5) is 35.4. The second-order valence-corrected chi connectivity index (χ2v) is 6.41. The third-order valence-electron chi connectivity index (χ3n) is 3.16. The highest BCUT2D eigenvalue weighted by atomic mass is 32.2. The molecule has 0 saturated carbocycles. The van der Waals surface area contributed by atoms with Gasteiger partial charge >= 0.3 is 12.1 Å². The largest absolute Gasteiger partial charge is 0.459 e. The molecule has 24 heavy (non-hydrogen) atoms. The molecule has 0 aromatic carbocycles. The van der Waals surface area contributed by atoms with E-state index in [-0.39, 0.29) is 18.7 Å². The first-order valence-electron chi connectivity index (χ1n) is 7.57. The summed E-state index contributed by atoms with van der Waals surface area (Å²) in [5, 5.41) is 2.86. The van der Waals surface area contributed by atoms with Crippen LogP contribution in [0.15, 0.2) is 17.3 Å². The van der Waals surface area contributed by atoms with E-state index >= 15 is 0 Å². The van der Waals surface area contributed by atoms with Crippen molar-refractivity contribution in [1.82, 2.24) is 9.88 Å². The van der Waals surface area contributed by atoms with Crippen LogP contribution in [0, 0.1) is 6.92 Å². The third-order valence-corrected chi connectivity index (χ3v) is 4.28. The molecule has 0 unspecified atom stereocenters. The van der Waals surface area contributed by atoms with Crippen molar-refractivity contribution in [2.45, 2.75) is 38.8 Å². The fourth-order valence-corrected chi connectivity index (χ4v) is 3.47. The number of rotatable bonds is 4. The standard InChI is InChI=1S/C16H20N2O5S/c1-5-22-16(21)17-12(19)6-11-8-24-14-13(10(4)7-18(11)14)15(20)23-9(2)3/h6-7,9H,5,8H2,1-4H3,(H,17,19,21). The van der Waals surface area contributed by atoms with E-state index in [0.717, 1.165) is 10.6 Å². The summed E-state index contributed by atoms with van der Waals surface area (Å²) in [7, 11) is 0. The van der Waals surface area contributed by atoms with Crippen LogP contribution in [-0.2, 0) is 14.3 Å². The molecule has 8 heteroatoms. The minimum atomic E-state index is -0.782. The molecule has 130 valence electrons. The minimum absolute atomic E-state index is 0.188. The van der Waals surface area contributed by atoms with Gasteiger partial charge in [-0.15, -0.1) is 11.8 Å². The van der Waals surface area contributed by atoms with Crippen LogP contribution in [-0.4, -0.2) is 41.0 Å². The van der Waals surface area contributed by atoms with Crippen LogP contribution in [0.2, 0.25) is 0 Å². The number of aromatic nitrogens is 1. The fraction of sp³-hybridized carbons (Fsp3) is 0.438. The number of imide groups is 1. The molecule has 0 fully saturated rings. The zero-order chi connectivity index (χ0) is 17.9. The van der Waals surface area contributed by atoms with Crippen LogP contribution >= 0.6 is 11.8 Å². The smallest absolute Gasteiger partial charge is 0.414 e. The third kappa shape index (κ3) is 4.00. The molecule has 1 aliphatic rings. The van der Waals surface area contributed by atoms with Gasteiger partial charge in [-0.25, -0.2) is 9.59 Å². The Morgan fingerprint density at radius 3 is 2.75 bits per heavy atom. The van der Waals surface area contributed by atoms with Gasteiger partial charge < -0.3 is 14.0 Å². The van der Waals surface area contributed by atoms with Gasteiger partial charge in [-0.1, -0.05) is 0 Å². The predicted molar refractivity (Wildman–Crippen MR) is 89.9 cm³/mol. The highest BCUT2D eigenvalue weighted by Crippen LogP contribution is 2.38. The number of thioether (sulfide) groups is 1. The Hall–Kier alpha value is -2.22. The zero-order valence-corrected chi connectivity index (χ0v) is 14.9. The Morgan fingerprint density at radius 1 is 1.42 bits per heavy atom. The molecule has 0 radical (unpaired) electrons. The van der Waals surface area contributed by atoms with Crippen LogP contribution in [0.1, 0.15) is 36.7 Å². The quantitative estimate of drug-likeness (QED) is 0.662. The molecule has 0 aliphatic carbocycles. The van der Waals surface area contributed by atoms with E-state index in [0.29, 0.717) is 17.0 Å². The minimum Gasteiger partial charge on any atom is -0.459 e. The number of aryl methyl sites for hydroxylation is 1. The van der Waals surface area contributed by atoms with Gasteiger partial charge in [0.05, 0.1) is 23.3 Å². The van der Waals surface area contributed by atoms with Crippen molar-refractivity contribution >= 4 is 35.4 Å². The fourth-order valence-electron chi connectivity index (χ4n) is 2.26. The first kappa shape index (κ1) is 18.1. The molecule has 7 nitrogen and oxygen atoms in total. The topological polar surface area (TPSA) is 86.6 Å². The molecule has 1 N–H and O–H groups in total. The Labute approximate surface area is 144 Å². The maximum atomic E-state index is 12.2. The molecule has 0 spiro atoms. The molecule has 1 aliphatic heterocycles. The van der Waals surface area contributed by atoms with Gasteiger partial charge in [0.25, 0.3) is 5.91 Å². The molecular weight excluding hydrogens is 332 g/mol. The van der Waals surface area contributed by atoms with E-state index in [1.807, 2.05) is 6.92 Å². The van der Waals surface area contributed by atoms with Gasteiger partial charge in [-0.2, -0.15) is 0 Å². The van der Waals surface area contributed by atoms with E-state index in [1.165, 1.54) is 17.8 Å². The first-order valence-corrected chi connectivity index (χ1v) is 8.56. The summed E-state index contributed by atoms with van der Waals surface area (Å²) in [5.41, 5.74) is 1.98. The Kier molecular flexibility index (Phi) is 5.71. The normalized spacial score (nSPS) is 14.6. The molecule has 2 rings (SSSR count). The van der Waals surface area contributed by atoms with Crippen molar-refractivity contribution in [3.8, 4) is 0 Å². The Bertz CT molecular complexity index is 706. The summed E-state index contributed by atoms with van der Waals surface area (Å²) in [5.74, 6) is -0.413. The lowest BCUT2D eigenvalue weighted by atomic mass is 10.2. The molecule has 2 amide bonds. The van der Waals surface area contributed by atoms with E-state index in [4.69, 9.17) is 4.74 Å². The van der Waals surface area contributed by atoms with Gasteiger partial charge in [0.2, 0.25) is 0 Å². The van der Waals surface area contributed by atoms with E-state index in [2.05, 4.69) is 10.1 Å². The highest BCUT2D eigenvalue weighted by Gasteiger charge is 2.28. The highest BCUT2D eigenvalue weighted by molar-refractivity contribution is 8.00. The van der Waals surface area contributed by atoms with Crippen molar-refractivity contribution in [1.29, 1.82) is 0 Å². The number of fused-ring (bicyclic) bond motifs is 1. The van der Waals surface area contributed by atoms with Crippen LogP contribution in [0.4, 0.5) is 4.79 Å². The molecule has 0 saturated heterocycles. The van der Waals surface area contributed by atoms with Gasteiger partial charge in [0, 0.05) is 23.7 Å². The van der Waals surface area contributed by atoms with Crippen molar-refractivity contribution in [2.24, 2.45) is 0 Å². The number of alkyl carbamates (subject to hydrolysis) is 1. The second-order valence-electron chi connectivity index (χ2n) is 5.45. The summed E-state index contributed by atoms with van der Waals surface area (Å²) in [6.45, 7) is 7.25. The lowest BCUT2D eigenvalue weighted by Crippen LogP contribution is -2.29. The molecule has 0 bridgehead atoms. The molecule has 1 aromatic rings. The number of hydrogen-bond donors (Lipinski definition) is 1. The number of carbonyl (C=O) groups is 3. The average molecular weight is 352 g/mol. The SMILES string of the molecule is CCOC(=O)NC(=O)C=C1CSc2c(C(=O)OC(C)C)c(C)cn21. The van der Waals surface area contributed by atoms with Gasteiger partial charge in [0.15, 0.2) is 0 Å². The van der Waals surface area contributed by atoms with Crippen LogP contribution < -0.4 is 5.32 Å².